The normalized spacial score (nSPS) is 36.3. The number of carboxylic acid groups (broad SMARTS) is 1. The number of carbonyl (C=O) groups excluding carboxylic acids is 2. The van der Waals surface area contributed by atoms with Gasteiger partial charge in [-0.05, 0) is 24.6 Å². The minimum atomic E-state index is -1.21. The minimum absolute atomic E-state index is 0.193. The Morgan fingerprint density at radius 1 is 1.48 bits per heavy atom. The Kier molecular flexibility index (Phi) is 2.37. The number of aryl methyl sites for hydroxylation is 1. The second kappa shape index (κ2) is 3.95. The molecule has 2 fully saturated rings. The molecule has 1 amide bonds. The summed E-state index contributed by atoms with van der Waals surface area (Å²) in [6.07, 6.45) is 3.04. The van der Waals surface area contributed by atoms with Gasteiger partial charge in [-0.2, -0.15) is 0 Å². The van der Waals surface area contributed by atoms with E-state index in [-0.39, 0.29) is 5.91 Å². The molecule has 0 aliphatic carbocycles. The second-order valence-electron chi connectivity index (χ2n) is 5.98. The van der Waals surface area contributed by atoms with Crippen molar-refractivity contribution in [2.75, 3.05) is 11.4 Å². The summed E-state index contributed by atoms with van der Waals surface area (Å²) in [6.45, 7) is 2.31. The van der Waals surface area contributed by atoms with Gasteiger partial charge in [0.25, 0.3) is 0 Å². The third kappa shape index (κ3) is 1.55. The number of ether oxygens (including phenoxy) is 1. The summed E-state index contributed by atoms with van der Waals surface area (Å²) >= 11 is 0. The van der Waals surface area contributed by atoms with Crippen molar-refractivity contribution in [2.45, 2.75) is 18.6 Å². The maximum absolute atomic E-state index is 12.7. The summed E-state index contributed by atoms with van der Waals surface area (Å²) in [5.74, 6) is -2.98. The predicted octanol–water partition coefficient (Wildman–Crippen LogP) is 0.0313. The molecule has 4 rings (SSSR count). The topological polar surface area (TPSA) is 69.7 Å². The van der Waals surface area contributed by atoms with Gasteiger partial charge < -0.3 is 19.5 Å². The van der Waals surface area contributed by atoms with Crippen LogP contribution in [0.1, 0.15) is 5.56 Å². The molecule has 1 aromatic carbocycles. The minimum Gasteiger partial charge on any atom is -0.550 e. The molecule has 0 radical (unpaired) electrons. The van der Waals surface area contributed by atoms with Gasteiger partial charge in [-0.3, -0.25) is 4.79 Å². The Hall–Kier alpha value is -2.14. The highest BCUT2D eigenvalue weighted by atomic mass is 16.5. The van der Waals surface area contributed by atoms with E-state index in [1.807, 2.05) is 37.3 Å². The molecule has 108 valence electrons. The van der Waals surface area contributed by atoms with Crippen molar-refractivity contribution in [3.63, 3.8) is 0 Å². The van der Waals surface area contributed by atoms with Gasteiger partial charge in [0.15, 0.2) is 0 Å². The Morgan fingerprint density at radius 2 is 2.29 bits per heavy atom. The Labute approximate surface area is 121 Å². The zero-order chi connectivity index (χ0) is 14.8. The van der Waals surface area contributed by atoms with Crippen molar-refractivity contribution < 1.29 is 19.4 Å². The monoisotopic (exact) mass is 284 g/mol. The number of anilines is 1. The predicted molar refractivity (Wildman–Crippen MR) is 72.3 cm³/mol. The van der Waals surface area contributed by atoms with E-state index < -0.39 is 29.5 Å². The molecular formula is C16H14NO4-. The Morgan fingerprint density at radius 3 is 3.00 bits per heavy atom. The van der Waals surface area contributed by atoms with E-state index in [1.54, 1.807) is 11.0 Å². The highest BCUT2D eigenvalue weighted by Crippen LogP contribution is 2.52. The van der Waals surface area contributed by atoms with E-state index in [1.165, 1.54) is 0 Å². The first-order valence-corrected chi connectivity index (χ1v) is 6.98. The summed E-state index contributed by atoms with van der Waals surface area (Å²) < 4.78 is 5.82. The van der Waals surface area contributed by atoms with Crippen LogP contribution in [0, 0.1) is 18.8 Å². The molecule has 0 unspecified atom stereocenters. The van der Waals surface area contributed by atoms with Crippen LogP contribution >= 0.6 is 0 Å². The number of carbonyl (C=O) groups is 2. The average Bonchev–Trinajstić information content (AvgIpc) is 3.07. The molecule has 0 aromatic heterocycles. The van der Waals surface area contributed by atoms with E-state index in [4.69, 9.17) is 4.74 Å². The highest BCUT2D eigenvalue weighted by molar-refractivity contribution is 6.02. The molecule has 4 atom stereocenters. The van der Waals surface area contributed by atoms with Gasteiger partial charge in [-0.15, -0.1) is 0 Å². The summed E-state index contributed by atoms with van der Waals surface area (Å²) in [4.78, 5) is 25.7. The molecule has 21 heavy (non-hydrogen) atoms. The first kappa shape index (κ1) is 12.6. The van der Waals surface area contributed by atoms with Crippen molar-refractivity contribution in [1.29, 1.82) is 0 Å². The second-order valence-corrected chi connectivity index (χ2v) is 5.98. The maximum atomic E-state index is 12.7. The lowest BCUT2D eigenvalue weighted by Crippen LogP contribution is -2.45. The van der Waals surface area contributed by atoms with Crippen LogP contribution in [0.2, 0.25) is 0 Å². The van der Waals surface area contributed by atoms with Crippen LogP contribution < -0.4 is 10.0 Å². The fourth-order valence-electron chi connectivity index (χ4n) is 3.78. The smallest absolute Gasteiger partial charge is 0.234 e. The lowest BCUT2D eigenvalue weighted by atomic mass is 9.77. The fourth-order valence-corrected chi connectivity index (χ4v) is 3.78. The molecule has 2 saturated heterocycles. The molecule has 5 heteroatoms. The molecule has 3 heterocycles. The number of nitrogens with zero attached hydrogens (tertiary/aromatic N) is 1. The average molecular weight is 284 g/mol. The first-order valence-electron chi connectivity index (χ1n) is 6.98. The van der Waals surface area contributed by atoms with Crippen LogP contribution in [0.4, 0.5) is 5.69 Å². The number of hydrogen-bond acceptors (Lipinski definition) is 4. The lowest BCUT2D eigenvalue weighted by Gasteiger charge is -2.24. The van der Waals surface area contributed by atoms with Gasteiger partial charge in [-0.25, -0.2) is 0 Å². The van der Waals surface area contributed by atoms with Gasteiger partial charge in [-0.1, -0.05) is 24.3 Å². The van der Waals surface area contributed by atoms with Crippen molar-refractivity contribution in [3.8, 4) is 0 Å². The molecule has 3 aliphatic heterocycles. The molecule has 1 spiro atoms. The lowest BCUT2D eigenvalue weighted by molar-refractivity contribution is -0.313. The van der Waals surface area contributed by atoms with Crippen LogP contribution in [0.5, 0.6) is 0 Å². The Balaban J connectivity index is 1.75. The molecule has 2 bridgehead atoms. The summed E-state index contributed by atoms with van der Waals surface area (Å²) in [7, 11) is 0. The molecule has 0 N–H and O–H groups in total. The summed E-state index contributed by atoms with van der Waals surface area (Å²) in [6, 6.07) is 7.61. The van der Waals surface area contributed by atoms with Gasteiger partial charge >= 0.3 is 0 Å². The molecule has 1 aromatic rings. The summed E-state index contributed by atoms with van der Waals surface area (Å²) in [5.41, 5.74) is 1.02. The number of carboxylic acids is 1. The van der Waals surface area contributed by atoms with Gasteiger partial charge in [0.1, 0.15) is 5.60 Å². The molecule has 0 saturated carbocycles. The molecular weight excluding hydrogens is 270 g/mol. The van der Waals surface area contributed by atoms with Crippen LogP contribution in [-0.4, -0.2) is 30.1 Å². The van der Waals surface area contributed by atoms with E-state index in [0.29, 0.717) is 6.54 Å². The van der Waals surface area contributed by atoms with Crippen LogP contribution in [0.3, 0.4) is 0 Å². The van der Waals surface area contributed by atoms with Gasteiger partial charge in [0, 0.05) is 17.6 Å². The van der Waals surface area contributed by atoms with Crippen LogP contribution in [-0.2, 0) is 14.3 Å². The zero-order valence-electron chi connectivity index (χ0n) is 11.5. The van der Waals surface area contributed by atoms with Crippen LogP contribution in [0.15, 0.2) is 36.4 Å². The largest absolute Gasteiger partial charge is 0.550 e. The maximum Gasteiger partial charge on any atom is 0.234 e. The standard InChI is InChI=1S/C16H15NO4/c1-9-3-2-4-10(7-9)17-8-16-6-5-11(21-16)12(15(19)20)13(16)14(17)18/h2-7,11-13H,8H2,1H3,(H,19,20)/p-1/t11-,12-,13-,16+/m1/s1. The number of rotatable bonds is 2. The number of benzene rings is 1. The Bertz CT molecular complexity index is 683. The van der Waals surface area contributed by atoms with E-state index >= 15 is 0 Å². The van der Waals surface area contributed by atoms with Gasteiger partial charge in [0.2, 0.25) is 5.91 Å². The highest BCUT2D eigenvalue weighted by Gasteiger charge is 2.65. The summed E-state index contributed by atoms with van der Waals surface area (Å²) in [5, 5.41) is 11.4. The van der Waals surface area contributed by atoms with Crippen molar-refractivity contribution in [2.24, 2.45) is 11.8 Å². The van der Waals surface area contributed by atoms with Gasteiger partial charge in [0.05, 0.1) is 18.6 Å². The fraction of sp³-hybridized carbons (Fsp3) is 0.375. The number of fused-ring (bicyclic) bond motifs is 1. The quantitative estimate of drug-likeness (QED) is 0.719. The molecule has 5 nitrogen and oxygen atoms in total. The van der Waals surface area contributed by atoms with Crippen molar-refractivity contribution in [1.82, 2.24) is 0 Å². The van der Waals surface area contributed by atoms with E-state index in [9.17, 15) is 14.7 Å². The zero-order valence-corrected chi connectivity index (χ0v) is 11.5. The number of hydrogen-bond donors (Lipinski definition) is 0. The first-order chi connectivity index (χ1) is 10.0. The number of amides is 1. The SMILES string of the molecule is Cc1cccc(N2C[C@]34C=C[C@@H](O3)[C@@H](C(=O)[O-])[C@@H]4C2=O)c1. The van der Waals surface area contributed by atoms with E-state index in [2.05, 4.69) is 0 Å². The third-order valence-corrected chi connectivity index (χ3v) is 4.69. The van der Waals surface area contributed by atoms with Crippen molar-refractivity contribution in [3.05, 3.63) is 42.0 Å². The number of aliphatic carboxylic acids is 1. The van der Waals surface area contributed by atoms with Crippen molar-refractivity contribution >= 4 is 17.6 Å². The third-order valence-electron chi connectivity index (χ3n) is 4.69. The van der Waals surface area contributed by atoms with E-state index in [0.717, 1.165) is 11.3 Å². The van der Waals surface area contributed by atoms with Crippen LogP contribution in [0.25, 0.3) is 0 Å². The molecule has 3 aliphatic rings.